The number of rotatable bonds is 2. The van der Waals surface area contributed by atoms with Crippen LogP contribution in [-0.4, -0.2) is 5.91 Å². The molecule has 2 rings (SSSR count). The predicted molar refractivity (Wildman–Crippen MR) is 69.9 cm³/mol. The van der Waals surface area contributed by atoms with E-state index < -0.39 is 5.82 Å². The van der Waals surface area contributed by atoms with Gasteiger partial charge in [0.2, 0.25) is 0 Å². The van der Waals surface area contributed by atoms with Crippen LogP contribution in [-0.2, 0) is 0 Å². The second-order valence-electron chi connectivity index (χ2n) is 4.09. The number of amides is 1. The van der Waals surface area contributed by atoms with Crippen LogP contribution in [0.15, 0.2) is 42.5 Å². The van der Waals surface area contributed by atoms with E-state index in [0.29, 0.717) is 22.5 Å². The van der Waals surface area contributed by atoms with Crippen molar-refractivity contribution >= 4 is 17.3 Å². The number of benzene rings is 2. The second kappa shape index (κ2) is 4.87. The molecule has 0 unspecified atom stereocenters. The summed E-state index contributed by atoms with van der Waals surface area (Å²) >= 11 is 0. The number of carbonyl (C=O) groups is 1. The maximum atomic E-state index is 13.2. The summed E-state index contributed by atoms with van der Waals surface area (Å²) in [7, 11) is 0. The Kier molecular flexibility index (Phi) is 3.28. The molecule has 18 heavy (non-hydrogen) atoms. The summed E-state index contributed by atoms with van der Waals surface area (Å²) in [6.45, 7) is 1.74. The van der Waals surface area contributed by atoms with Gasteiger partial charge in [-0.2, -0.15) is 0 Å². The van der Waals surface area contributed by atoms with Gasteiger partial charge in [-0.1, -0.05) is 0 Å². The summed E-state index contributed by atoms with van der Waals surface area (Å²) in [6.07, 6.45) is 0. The summed E-state index contributed by atoms with van der Waals surface area (Å²) in [4.78, 5) is 11.9. The maximum Gasteiger partial charge on any atom is 0.255 e. The fourth-order valence-corrected chi connectivity index (χ4v) is 1.64. The molecule has 2 aromatic rings. The monoisotopic (exact) mass is 244 g/mol. The van der Waals surface area contributed by atoms with Crippen LogP contribution in [0.3, 0.4) is 0 Å². The summed E-state index contributed by atoms with van der Waals surface area (Å²) in [6, 6.07) is 11.0. The first-order valence-electron chi connectivity index (χ1n) is 5.49. The van der Waals surface area contributed by atoms with Gasteiger partial charge in [-0.05, 0) is 55.0 Å². The summed E-state index contributed by atoms with van der Waals surface area (Å²) in [5, 5.41) is 2.68. The normalized spacial score (nSPS) is 10.1. The fraction of sp³-hybridized carbons (Fsp3) is 0.0714. The van der Waals surface area contributed by atoms with Gasteiger partial charge in [0, 0.05) is 16.9 Å². The third kappa shape index (κ3) is 2.85. The molecule has 0 atom stereocenters. The lowest BCUT2D eigenvalue weighted by Crippen LogP contribution is -2.12. The molecule has 3 nitrogen and oxygen atoms in total. The molecular formula is C14H13FN2O. The highest BCUT2D eigenvalue weighted by atomic mass is 19.1. The average Bonchev–Trinajstić information content (AvgIpc) is 2.31. The number of hydrogen-bond donors (Lipinski definition) is 2. The van der Waals surface area contributed by atoms with E-state index in [1.165, 1.54) is 12.1 Å². The molecule has 0 aliphatic heterocycles. The Morgan fingerprint density at radius 1 is 1.17 bits per heavy atom. The highest BCUT2D eigenvalue weighted by Crippen LogP contribution is 2.14. The van der Waals surface area contributed by atoms with Gasteiger partial charge in [-0.3, -0.25) is 4.79 Å². The molecule has 0 heterocycles. The zero-order valence-electron chi connectivity index (χ0n) is 9.91. The minimum absolute atomic E-state index is 0.296. The summed E-state index contributed by atoms with van der Waals surface area (Å²) < 4.78 is 13.2. The number of aryl methyl sites for hydroxylation is 1. The van der Waals surface area contributed by atoms with Crippen LogP contribution in [0.5, 0.6) is 0 Å². The van der Waals surface area contributed by atoms with E-state index in [9.17, 15) is 9.18 Å². The highest BCUT2D eigenvalue weighted by molar-refractivity contribution is 6.04. The average molecular weight is 244 g/mol. The molecule has 0 aliphatic carbocycles. The van der Waals surface area contributed by atoms with Gasteiger partial charge in [-0.15, -0.1) is 0 Å². The number of nitrogens with one attached hydrogen (secondary N) is 1. The van der Waals surface area contributed by atoms with Gasteiger partial charge in [0.25, 0.3) is 5.91 Å². The SMILES string of the molecule is Cc1cc(F)cc(C(=O)Nc2ccc(N)cc2)c1. The van der Waals surface area contributed by atoms with Crippen molar-refractivity contribution in [2.45, 2.75) is 6.92 Å². The van der Waals surface area contributed by atoms with E-state index >= 15 is 0 Å². The van der Waals surface area contributed by atoms with E-state index in [2.05, 4.69) is 5.32 Å². The first-order chi connectivity index (χ1) is 8.54. The molecule has 0 aliphatic rings. The van der Waals surface area contributed by atoms with Crippen molar-refractivity contribution in [3.8, 4) is 0 Å². The van der Waals surface area contributed by atoms with Crippen LogP contribution in [0.4, 0.5) is 15.8 Å². The Hall–Kier alpha value is -2.36. The van der Waals surface area contributed by atoms with Crippen LogP contribution in [0, 0.1) is 12.7 Å². The van der Waals surface area contributed by atoms with Crippen LogP contribution >= 0.6 is 0 Å². The molecule has 0 saturated carbocycles. The lowest BCUT2D eigenvalue weighted by Gasteiger charge is -2.06. The van der Waals surface area contributed by atoms with Gasteiger partial charge in [0.1, 0.15) is 5.82 Å². The first kappa shape index (κ1) is 12.1. The summed E-state index contributed by atoms with van der Waals surface area (Å²) in [5.74, 6) is -0.764. The van der Waals surface area contributed by atoms with E-state index in [-0.39, 0.29) is 5.91 Å². The van der Waals surface area contributed by atoms with Crippen molar-refractivity contribution in [2.24, 2.45) is 0 Å². The van der Waals surface area contributed by atoms with Crippen molar-refractivity contribution in [3.05, 3.63) is 59.4 Å². The number of nitrogens with two attached hydrogens (primary N) is 1. The Morgan fingerprint density at radius 2 is 1.83 bits per heavy atom. The molecule has 0 radical (unpaired) electrons. The number of halogens is 1. The molecule has 0 aromatic heterocycles. The Bertz CT molecular complexity index is 559. The first-order valence-corrected chi connectivity index (χ1v) is 5.49. The van der Waals surface area contributed by atoms with Crippen LogP contribution in [0.25, 0.3) is 0 Å². The molecule has 2 aromatic carbocycles. The van der Waals surface area contributed by atoms with Crippen molar-refractivity contribution in [1.29, 1.82) is 0 Å². The molecule has 1 amide bonds. The number of nitrogen functional groups attached to an aromatic ring is 1. The molecule has 0 spiro atoms. The van der Waals surface area contributed by atoms with Crippen molar-refractivity contribution < 1.29 is 9.18 Å². The van der Waals surface area contributed by atoms with Crippen molar-refractivity contribution in [2.75, 3.05) is 11.1 Å². The van der Waals surface area contributed by atoms with Crippen molar-refractivity contribution in [3.63, 3.8) is 0 Å². The molecular weight excluding hydrogens is 231 g/mol. The fourth-order valence-electron chi connectivity index (χ4n) is 1.64. The van der Waals surface area contributed by atoms with Gasteiger partial charge in [-0.25, -0.2) is 4.39 Å². The number of anilines is 2. The Labute approximate surface area is 104 Å². The van der Waals surface area contributed by atoms with Gasteiger partial charge in [0.05, 0.1) is 0 Å². The van der Waals surface area contributed by atoms with E-state index in [4.69, 9.17) is 5.73 Å². The molecule has 92 valence electrons. The second-order valence-corrected chi connectivity index (χ2v) is 4.09. The minimum Gasteiger partial charge on any atom is -0.399 e. The number of carbonyl (C=O) groups excluding carboxylic acids is 1. The van der Waals surface area contributed by atoms with Gasteiger partial charge < -0.3 is 11.1 Å². The zero-order chi connectivity index (χ0) is 13.1. The van der Waals surface area contributed by atoms with E-state index in [1.54, 1.807) is 37.3 Å². The maximum absolute atomic E-state index is 13.2. The van der Waals surface area contributed by atoms with Crippen LogP contribution in [0.2, 0.25) is 0 Å². The molecule has 4 heteroatoms. The quantitative estimate of drug-likeness (QED) is 0.798. The standard InChI is InChI=1S/C14H13FN2O/c1-9-6-10(8-11(15)7-9)14(18)17-13-4-2-12(16)3-5-13/h2-8H,16H2,1H3,(H,17,18). The topological polar surface area (TPSA) is 55.1 Å². The zero-order valence-corrected chi connectivity index (χ0v) is 9.91. The third-order valence-corrected chi connectivity index (χ3v) is 2.47. The smallest absolute Gasteiger partial charge is 0.255 e. The van der Waals surface area contributed by atoms with Gasteiger partial charge >= 0.3 is 0 Å². The molecule has 0 saturated heterocycles. The lowest BCUT2D eigenvalue weighted by atomic mass is 10.1. The summed E-state index contributed by atoms with van der Waals surface area (Å²) in [5.41, 5.74) is 7.79. The minimum atomic E-state index is -0.419. The van der Waals surface area contributed by atoms with Gasteiger partial charge in [0.15, 0.2) is 0 Å². The number of hydrogen-bond acceptors (Lipinski definition) is 2. The molecule has 3 N–H and O–H groups in total. The molecule has 0 fully saturated rings. The van der Waals surface area contributed by atoms with Crippen LogP contribution < -0.4 is 11.1 Å². The largest absolute Gasteiger partial charge is 0.399 e. The van der Waals surface area contributed by atoms with Crippen LogP contribution in [0.1, 0.15) is 15.9 Å². The predicted octanol–water partition coefficient (Wildman–Crippen LogP) is 2.97. The molecule has 0 bridgehead atoms. The van der Waals surface area contributed by atoms with Crippen molar-refractivity contribution in [1.82, 2.24) is 0 Å². The lowest BCUT2D eigenvalue weighted by molar-refractivity contribution is 0.102. The Morgan fingerprint density at radius 3 is 2.44 bits per heavy atom. The third-order valence-electron chi connectivity index (χ3n) is 2.47. The van der Waals surface area contributed by atoms with E-state index in [1.807, 2.05) is 0 Å². The highest BCUT2D eigenvalue weighted by Gasteiger charge is 2.08. The van der Waals surface area contributed by atoms with E-state index in [0.717, 1.165) is 0 Å². The Balaban J connectivity index is 2.19.